The third kappa shape index (κ3) is 1.85. The number of aromatic nitrogens is 2. The smallest absolute Gasteiger partial charge is 0.262 e. The lowest BCUT2D eigenvalue weighted by Gasteiger charge is -2.09. The van der Waals surface area contributed by atoms with E-state index in [0.29, 0.717) is 11.9 Å². The number of nitrogens with zero attached hydrogens (tertiary/aromatic N) is 2. The van der Waals surface area contributed by atoms with Gasteiger partial charge in [0, 0.05) is 6.54 Å². The molecule has 3 nitrogen and oxygen atoms in total. The number of hydrogen-bond donors (Lipinski definition) is 0. The molecule has 0 fully saturated rings. The van der Waals surface area contributed by atoms with Gasteiger partial charge in [-0.2, -0.15) is 0 Å². The van der Waals surface area contributed by atoms with Crippen LogP contribution in [0.1, 0.15) is 13.8 Å². The molecule has 0 unspecified atom stereocenters. The molecule has 0 saturated carbocycles. The highest BCUT2D eigenvalue weighted by atomic mass is 32.2. The van der Waals surface area contributed by atoms with Crippen LogP contribution >= 0.6 is 11.8 Å². The Morgan fingerprint density at radius 1 is 1.31 bits per heavy atom. The molecule has 0 bridgehead atoms. The highest BCUT2D eigenvalue weighted by molar-refractivity contribution is 7.99. The van der Waals surface area contributed by atoms with Crippen LogP contribution in [0.15, 0.2) is 34.2 Å². The molecular weight excluding hydrogens is 220 g/mol. The molecular formula is C12H14N2OS. The number of rotatable bonds is 3. The molecule has 0 saturated heterocycles. The van der Waals surface area contributed by atoms with Crippen molar-refractivity contribution in [1.82, 2.24) is 9.55 Å². The zero-order valence-corrected chi connectivity index (χ0v) is 10.3. The van der Waals surface area contributed by atoms with Gasteiger partial charge in [-0.15, -0.1) is 0 Å². The monoisotopic (exact) mass is 234 g/mol. The summed E-state index contributed by atoms with van der Waals surface area (Å²) < 4.78 is 1.73. The minimum Gasteiger partial charge on any atom is -0.287 e. The fourth-order valence-electron chi connectivity index (χ4n) is 1.67. The van der Waals surface area contributed by atoms with Crippen LogP contribution in [0, 0.1) is 0 Å². The van der Waals surface area contributed by atoms with Crippen molar-refractivity contribution in [3.63, 3.8) is 0 Å². The Bertz CT molecular complexity index is 562. The molecule has 0 aliphatic rings. The van der Waals surface area contributed by atoms with E-state index in [1.165, 1.54) is 0 Å². The predicted molar refractivity (Wildman–Crippen MR) is 68.1 cm³/mol. The first kappa shape index (κ1) is 11.2. The van der Waals surface area contributed by atoms with Gasteiger partial charge < -0.3 is 0 Å². The fourth-order valence-corrected chi connectivity index (χ4v) is 2.45. The van der Waals surface area contributed by atoms with Gasteiger partial charge >= 0.3 is 0 Å². The van der Waals surface area contributed by atoms with Gasteiger partial charge in [-0.1, -0.05) is 30.8 Å². The zero-order chi connectivity index (χ0) is 11.5. The fraction of sp³-hybridized carbons (Fsp3) is 0.333. The van der Waals surface area contributed by atoms with Crippen LogP contribution in [0.3, 0.4) is 0 Å². The normalized spacial score (nSPS) is 10.9. The Hall–Kier alpha value is -1.29. The van der Waals surface area contributed by atoms with Gasteiger partial charge in [-0.25, -0.2) is 4.98 Å². The van der Waals surface area contributed by atoms with E-state index < -0.39 is 0 Å². The van der Waals surface area contributed by atoms with Crippen LogP contribution in [0.2, 0.25) is 0 Å². The Morgan fingerprint density at radius 3 is 2.75 bits per heavy atom. The molecule has 16 heavy (non-hydrogen) atoms. The number of hydrogen-bond acceptors (Lipinski definition) is 3. The molecule has 2 rings (SSSR count). The number of para-hydroxylation sites is 1. The van der Waals surface area contributed by atoms with Crippen molar-refractivity contribution in [1.29, 1.82) is 0 Å². The van der Waals surface area contributed by atoms with Gasteiger partial charge in [0.1, 0.15) is 0 Å². The summed E-state index contributed by atoms with van der Waals surface area (Å²) in [6.07, 6.45) is 0. The molecule has 1 heterocycles. The summed E-state index contributed by atoms with van der Waals surface area (Å²) in [6, 6.07) is 7.50. The van der Waals surface area contributed by atoms with Crippen LogP contribution in [0.5, 0.6) is 0 Å². The van der Waals surface area contributed by atoms with E-state index in [-0.39, 0.29) is 5.56 Å². The molecule has 0 N–H and O–H groups in total. The quantitative estimate of drug-likeness (QED) is 0.604. The Labute approximate surface area is 98.5 Å². The molecule has 0 amide bonds. The average Bonchev–Trinajstić information content (AvgIpc) is 2.30. The van der Waals surface area contributed by atoms with Crippen LogP contribution < -0.4 is 5.56 Å². The first-order valence-electron chi connectivity index (χ1n) is 5.40. The lowest BCUT2D eigenvalue weighted by Crippen LogP contribution is -2.22. The lowest BCUT2D eigenvalue weighted by molar-refractivity contribution is 0.634. The highest BCUT2D eigenvalue weighted by Gasteiger charge is 2.08. The van der Waals surface area contributed by atoms with Crippen molar-refractivity contribution in [3.05, 3.63) is 34.6 Å². The maximum absolute atomic E-state index is 12.2. The molecule has 0 atom stereocenters. The maximum Gasteiger partial charge on any atom is 0.262 e. The second-order valence-corrected chi connectivity index (χ2v) is 4.63. The second kappa shape index (κ2) is 4.70. The molecule has 0 spiro atoms. The van der Waals surface area contributed by atoms with E-state index in [9.17, 15) is 4.79 Å². The molecule has 0 aliphatic carbocycles. The van der Waals surface area contributed by atoms with Gasteiger partial charge in [0.25, 0.3) is 5.56 Å². The van der Waals surface area contributed by atoms with Crippen molar-refractivity contribution >= 4 is 22.7 Å². The summed E-state index contributed by atoms with van der Waals surface area (Å²) in [6.45, 7) is 4.70. The summed E-state index contributed by atoms with van der Waals surface area (Å²) in [4.78, 5) is 16.7. The van der Waals surface area contributed by atoms with Crippen LogP contribution in [0.4, 0.5) is 0 Å². The molecule has 0 aliphatic heterocycles. The lowest BCUT2D eigenvalue weighted by atomic mass is 10.2. The molecule has 0 radical (unpaired) electrons. The summed E-state index contributed by atoms with van der Waals surface area (Å²) >= 11 is 1.61. The van der Waals surface area contributed by atoms with Crippen LogP contribution in [-0.4, -0.2) is 15.3 Å². The predicted octanol–water partition coefficient (Wildman–Crippen LogP) is 2.53. The van der Waals surface area contributed by atoms with E-state index in [2.05, 4.69) is 11.9 Å². The van der Waals surface area contributed by atoms with Crippen molar-refractivity contribution < 1.29 is 0 Å². The van der Waals surface area contributed by atoms with Gasteiger partial charge in [-0.05, 0) is 24.8 Å². The minimum atomic E-state index is 0.0593. The molecule has 1 aromatic heterocycles. The number of thioether (sulfide) groups is 1. The molecule has 1 aromatic carbocycles. The van der Waals surface area contributed by atoms with Crippen molar-refractivity contribution in [2.24, 2.45) is 0 Å². The topological polar surface area (TPSA) is 34.9 Å². The van der Waals surface area contributed by atoms with Gasteiger partial charge in [-0.3, -0.25) is 9.36 Å². The third-order valence-corrected chi connectivity index (χ3v) is 3.27. The Balaban J connectivity index is 2.76. The molecule has 4 heteroatoms. The molecule has 84 valence electrons. The summed E-state index contributed by atoms with van der Waals surface area (Å²) in [5.41, 5.74) is 0.845. The first-order valence-corrected chi connectivity index (χ1v) is 6.38. The first-order chi connectivity index (χ1) is 7.77. The van der Waals surface area contributed by atoms with Gasteiger partial charge in [0.05, 0.1) is 10.9 Å². The third-order valence-electron chi connectivity index (χ3n) is 2.42. The van der Waals surface area contributed by atoms with E-state index in [0.717, 1.165) is 16.4 Å². The molecule has 2 aromatic rings. The highest BCUT2D eigenvalue weighted by Crippen LogP contribution is 2.16. The minimum absolute atomic E-state index is 0.0593. The summed E-state index contributed by atoms with van der Waals surface area (Å²) in [5.74, 6) is 0.921. The number of fused-ring (bicyclic) bond motifs is 1. The standard InChI is InChI=1S/C12H14N2OS/c1-3-14-11(15)9-7-5-6-8-10(9)13-12(14)16-4-2/h5-8H,3-4H2,1-2H3. The van der Waals surface area contributed by atoms with Crippen molar-refractivity contribution in [3.8, 4) is 0 Å². The van der Waals surface area contributed by atoms with Crippen LogP contribution in [0.25, 0.3) is 10.9 Å². The maximum atomic E-state index is 12.2. The Kier molecular flexibility index (Phi) is 3.29. The van der Waals surface area contributed by atoms with Crippen molar-refractivity contribution in [2.45, 2.75) is 25.5 Å². The van der Waals surface area contributed by atoms with E-state index in [1.807, 2.05) is 31.2 Å². The Morgan fingerprint density at radius 2 is 2.06 bits per heavy atom. The second-order valence-electron chi connectivity index (χ2n) is 3.39. The summed E-state index contributed by atoms with van der Waals surface area (Å²) in [7, 11) is 0. The van der Waals surface area contributed by atoms with Gasteiger partial charge in [0.2, 0.25) is 0 Å². The van der Waals surface area contributed by atoms with E-state index >= 15 is 0 Å². The average molecular weight is 234 g/mol. The van der Waals surface area contributed by atoms with Gasteiger partial charge in [0.15, 0.2) is 5.16 Å². The SMILES string of the molecule is CCSc1nc2ccccc2c(=O)n1CC. The summed E-state index contributed by atoms with van der Waals surface area (Å²) in [5, 5.41) is 1.51. The van der Waals surface area contributed by atoms with E-state index in [1.54, 1.807) is 16.3 Å². The zero-order valence-electron chi connectivity index (χ0n) is 9.43. The van der Waals surface area contributed by atoms with Crippen LogP contribution in [-0.2, 0) is 6.54 Å². The largest absolute Gasteiger partial charge is 0.287 e. The van der Waals surface area contributed by atoms with Crippen molar-refractivity contribution in [2.75, 3.05) is 5.75 Å². The van der Waals surface area contributed by atoms with E-state index in [4.69, 9.17) is 0 Å². The number of benzene rings is 1.